The molecule has 2 aromatic heterocycles. The van der Waals surface area contributed by atoms with Crippen LogP contribution in [0.2, 0.25) is 0 Å². The molecular weight excluding hydrogens is 368 g/mol. The fourth-order valence-electron chi connectivity index (χ4n) is 3.27. The van der Waals surface area contributed by atoms with Crippen LogP contribution in [-0.2, 0) is 6.54 Å². The zero-order valence-corrected chi connectivity index (χ0v) is 16.6. The van der Waals surface area contributed by atoms with Crippen LogP contribution in [0.1, 0.15) is 23.7 Å². The molecule has 1 amide bonds. The number of anilines is 1. The first-order valence-corrected chi connectivity index (χ1v) is 9.43. The third kappa shape index (κ3) is 3.59. The van der Waals surface area contributed by atoms with E-state index in [1.165, 1.54) is 0 Å². The summed E-state index contributed by atoms with van der Waals surface area (Å²) in [5.74, 6) is 1.61. The third-order valence-electron chi connectivity index (χ3n) is 4.72. The van der Waals surface area contributed by atoms with Gasteiger partial charge in [0, 0.05) is 17.5 Å². The number of aryl methyl sites for hydroxylation is 1. The molecule has 4 aromatic rings. The first-order valence-electron chi connectivity index (χ1n) is 9.43. The summed E-state index contributed by atoms with van der Waals surface area (Å²) in [6.07, 6.45) is 0.905. The van der Waals surface area contributed by atoms with Gasteiger partial charge in [0.15, 0.2) is 11.5 Å². The summed E-state index contributed by atoms with van der Waals surface area (Å²) in [4.78, 5) is 17.6. The summed E-state index contributed by atoms with van der Waals surface area (Å²) < 4.78 is 12.4. The van der Waals surface area contributed by atoms with Crippen molar-refractivity contribution in [1.82, 2.24) is 14.8 Å². The zero-order valence-electron chi connectivity index (χ0n) is 16.6. The Kier molecular flexibility index (Phi) is 5.03. The number of hydrogen-bond acceptors (Lipinski definition) is 5. The van der Waals surface area contributed by atoms with Gasteiger partial charge in [0.1, 0.15) is 11.5 Å². The predicted octanol–water partition coefficient (Wildman–Crippen LogP) is 4.26. The highest BCUT2D eigenvalue weighted by molar-refractivity contribution is 6.09. The maximum atomic E-state index is 12.8. The van der Waals surface area contributed by atoms with E-state index in [1.54, 1.807) is 38.5 Å². The van der Waals surface area contributed by atoms with Crippen LogP contribution in [0.25, 0.3) is 21.9 Å². The Bertz CT molecular complexity index is 1200. The molecule has 2 aromatic carbocycles. The lowest BCUT2D eigenvalue weighted by Gasteiger charge is -2.05. The topological polar surface area (TPSA) is 78.3 Å². The smallest absolute Gasteiger partial charge is 0.257 e. The molecule has 0 bridgehead atoms. The fourth-order valence-corrected chi connectivity index (χ4v) is 3.27. The Morgan fingerprint density at radius 3 is 2.62 bits per heavy atom. The van der Waals surface area contributed by atoms with Gasteiger partial charge < -0.3 is 14.8 Å². The summed E-state index contributed by atoms with van der Waals surface area (Å²) in [5, 5.41) is 9.25. The molecule has 148 valence electrons. The van der Waals surface area contributed by atoms with Crippen molar-refractivity contribution < 1.29 is 14.3 Å². The Balaban J connectivity index is 1.79. The van der Waals surface area contributed by atoms with Gasteiger partial charge in [0.2, 0.25) is 0 Å². The van der Waals surface area contributed by atoms with Crippen molar-refractivity contribution in [2.24, 2.45) is 0 Å². The number of aromatic nitrogens is 3. The summed E-state index contributed by atoms with van der Waals surface area (Å²) in [6, 6.07) is 14.7. The molecule has 0 aliphatic heterocycles. The number of nitrogens with one attached hydrogen (secondary N) is 1. The molecular formula is C22H22N4O3. The summed E-state index contributed by atoms with van der Waals surface area (Å²) in [7, 11) is 3.20. The lowest BCUT2D eigenvalue weighted by molar-refractivity contribution is 0.102. The minimum absolute atomic E-state index is 0.252. The minimum Gasteiger partial charge on any atom is -0.497 e. The Morgan fingerprint density at radius 1 is 1.07 bits per heavy atom. The molecule has 0 aliphatic carbocycles. The van der Waals surface area contributed by atoms with Gasteiger partial charge in [-0.15, -0.1) is 0 Å². The van der Waals surface area contributed by atoms with Crippen molar-refractivity contribution in [2.75, 3.05) is 19.5 Å². The maximum Gasteiger partial charge on any atom is 0.257 e. The normalized spacial score (nSPS) is 11.0. The van der Waals surface area contributed by atoms with Crippen LogP contribution in [0.3, 0.4) is 0 Å². The summed E-state index contributed by atoms with van der Waals surface area (Å²) >= 11 is 0. The molecule has 1 N–H and O–H groups in total. The largest absolute Gasteiger partial charge is 0.497 e. The average Bonchev–Trinajstić information content (AvgIpc) is 3.08. The van der Waals surface area contributed by atoms with E-state index in [0.717, 1.165) is 34.1 Å². The highest BCUT2D eigenvalue weighted by Gasteiger charge is 2.16. The van der Waals surface area contributed by atoms with E-state index in [4.69, 9.17) is 14.5 Å². The van der Waals surface area contributed by atoms with Gasteiger partial charge in [0.25, 0.3) is 5.91 Å². The van der Waals surface area contributed by atoms with Crippen LogP contribution < -0.4 is 14.8 Å². The van der Waals surface area contributed by atoms with Gasteiger partial charge in [-0.3, -0.25) is 4.79 Å². The molecule has 7 nitrogen and oxygen atoms in total. The predicted molar refractivity (Wildman–Crippen MR) is 113 cm³/mol. The van der Waals surface area contributed by atoms with Crippen LogP contribution >= 0.6 is 0 Å². The second-order valence-electron chi connectivity index (χ2n) is 6.68. The Morgan fingerprint density at radius 2 is 1.86 bits per heavy atom. The van der Waals surface area contributed by atoms with Gasteiger partial charge in [0.05, 0.1) is 25.1 Å². The van der Waals surface area contributed by atoms with Crippen molar-refractivity contribution in [3.8, 4) is 11.5 Å². The standard InChI is InChI=1S/C22H22N4O3/c1-4-10-26-21-18(13-15-12-17(29-3)8-9-19(15)23-21)20(25-26)24-22(27)14-6-5-7-16(11-14)28-2/h5-9,11-13H,4,10H2,1-3H3,(H,24,25,27). The number of carbonyl (C=O) groups is 1. The number of rotatable bonds is 6. The van der Waals surface area contributed by atoms with E-state index in [0.29, 0.717) is 23.7 Å². The maximum absolute atomic E-state index is 12.8. The number of carbonyl (C=O) groups excluding carboxylic acids is 1. The number of ether oxygens (including phenoxy) is 2. The van der Waals surface area contributed by atoms with E-state index >= 15 is 0 Å². The number of hydrogen-bond donors (Lipinski definition) is 1. The van der Waals surface area contributed by atoms with Gasteiger partial charge in [-0.2, -0.15) is 5.10 Å². The second kappa shape index (κ2) is 7.79. The molecule has 0 unspecified atom stereocenters. The van der Waals surface area contributed by atoms with E-state index < -0.39 is 0 Å². The summed E-state index contributed by atoms with van der Waals surface area (Å²) in [6.45, 7) is 2.79. The molecule has 2 heterocycles. The SMILES string of the molecule is CCCn1nc(NC(=O)c2cccc(OC)c2)c2cc3cc(OC)ccc3nc21. The molecule has 29 heavy (non-hydrogen) atoms. The number of amides is 1. The van der Waals surface area contributed by atoms with Gasteiger partial charge in [-0.05, 0) is 48.9 Å². The molecule has 0 atom stereocenters. The van der Waals surface area contributed by atoms with Crippen molar-refractivity contribution in [1.29, 1.82) is 0 Å². The number of pyridine rings is 1. The average molecular weight is 390 g/mol. The lowest BCUT2D eigenvalue weighted by Crippen LogP contribution is -2.13. The minimum atomic E-state index is -0.252. The Hall–Kier alpha value is -3.61. The molecule has 4 rings (SSSR count). The number of nitrogens with zero attached hydrogens (tertiary/aromatic N) is 3. The lowest BCUT2D eigenvalue weighted by atomic mass is 10.1. The summed E-state index contributed by atoms with van der Waals surface area (Å²) in [5.41, 5.74) is 2.09. The molecule has 0 saturated carbocycles. The van der Waals surface area contributed by atoms with Crippen molar-refractivity contribution in [3.05, 3.63) is 54.1 Å². The van der Waals surface area contributed by atoms with E-state index in [9.17, 15) is 4.79 Å². The Labute approximate surface area is 168 Å². The molecule has 0 fully saturated rings. The first-order chi connectivity index (χ1) is 14.1. The van der Waals surface area contributed by atoms with Crippen LogP contribution in [0.15, 0.2) is 48.5 Å². The van der Waals surface area contributed by atoms with Gasteiger partial charge in [-0.1, -0.05) is 13.0 Å². The zero-order chi connectivity index (χ0) is 20.4. The van der Waals surface area contributed by atoms with Crippen molar-refractivity contribution in [3.63, 3.8) is 0 Å². The molecule has 0 saturated heterocycles. The number of methoxy groups -OCH3 is 2. The quantitative estimate of drug-likeness (QED) is 0.532. The van der Waals surface area contributed by atoms with E-state index in [2.05, 4.69) is 17.3 Å². The molecule has 0 spiro atoms. The van der Waals surface area contributed by atoms with Gasteiger partial charge >= 0.3 is 0 Å². The number of fused-ring (bicyclic) bond motifs is 2. The van der Waals surface area contributed by atoms with E-state index in [1.807, 2.05) is 28.9 Å². The fraction of sp³-hybridized carbons (Fsp3) is 0.227. The highest BCUT2D eigenvalue weighted by Crippen LogP contribution is 2.28. The molecule has 7 heteroatoms. The third-order valence-corrected chi connectivity index (χ3v) is 4.72. The molecule has 0 radical (unpaired) electrons. The van der Waals surface area contributed by atoms with Crippen LogP contribution in [0.4, 0.5) is 5.82 Å². The van der Waals surface area contributed by atoms with Crippen molar-refractivity contribution >= 4 is 33.7 Å². The highest BCUT2D eigenvalue weighted by atomic mass is 16.5. The van der Waals surface area contributed by atoms with Crippen molar-refractivity contribution in [2.45, 2.75) is 19.9 Å². The second-order valence-corrected chi connectivity index (χ2v) is 6.68. The molecule has 0 aliphatic rings. The number of benzene rings is 2. The monoisotopic (exact) mass is 390 g/mol. The first kappa shape index (κ1) is 18.7. The van der Waals surface area contributed by atoms with Gasteiger partial charge in [-0.25, -0.2) is 9.67 Å². The van der Waals surface area contributed by atoms with Crippen LogP contribution in [-0.4, -0.2) is 34.9 Å². The van der Waals surface area contributed by atoms with Crippen LogP contribution in [0, 0.1) is 0 Å². The van der Waals surface area contributed by atoms with E-state index in [-0.39, 0.29) is 5.91 Å². The van der Waals surface area contributed by atoms with Crippen LogP contribution in [0.5, 0.6) is 11.5 Å².